The number of likely N-dealkylation sites (tertiary alicyclic amines) is 1. The molecular weight excluding hydrogens is 202 g/mol. The van der Waals surface area contributed by atoms with Crippen LogP contribution in [0.2, 0.25) is 0 Å². The molecule has 1 aliphatic rings. The van der Waals surface area contributed by atoms with Gasteiger partial charge in [0.1, 0.15) is 5.78 Å². The van der Waals surface area contributed by atoms with Gasteiger partial charge in [0.2, 0.25) is 0 Å². The van der Waals surface area contributed by atoms with Crippen LogP contribution < -0.4 is 0 Å². The smallest absolute Gasteiger partial charge is 0.138 e. The van der Waals surface area contributed by atoms with E-state index in [9.17, 15) is 9.90 Å². The van der Waals surface area contributed by atoms with E-state index in [0.717, 1.165) is 38.9 Å². The molecule has 0 bridgehead atoms. The minimum absolute atomic E-state index is 0.104. The molecular formula is C13H25NO2. The second-order valence-corrected chi connectivity index (χ2v) is 5.85. The minimum Gasteiger partial charge on any atom is -0.393 e. The number of carbonyl (C=O) groups is 1. The molecule has 3 heteroatoms. The average Bonchev–Trinajstić information content (AvgIpc) is 2.19. The lowest BCUT2D eigenvalue weighted by Crippen LogP contribution is -2.36. The van der Waals surface area contributed by atoms with E-state index >= 15 is 0 Å². The molecule has 0 aromatic heterocycles. The lowest BCUT2D eigenvalue weighted by molar-refractivity contribution is -0.126. The van der Waals surface area contributed by atoms with Crippen molar-refractivity contribution in [1.29, 1.82) is 0 Å². The van der Waals surface area contributed by atoms with E-state index in [1.165, 1.54) is 0 Å². The summed E-state index contributed by atoms with van der Waals surface area (Å²) >= 11 is 0. The number of aliphatic hydroxyl groups excluding tert-OH is 1. The van der Waals surface area contributed by atoms with Gasteiger partial charge in [0.25, 0.3) is 0 Å². The van der Waals surface area contributed by atoms with Crippen LogP contribution in [0.5, 0.6) is 0 Å². The van der Waals surface area contributed by atoms with Gasteiger partial charge in [0.15, 0.2) is 0 Å². The second kappa shape index (κ2) is 5.78. The molecule has 0 radical (unpaired) electrons. The fraction of sp³-hybridized carbons (Fsp3) is 0.923. The number of ketones is 1. The fourth-order valence-corrected chi connectivity index (χ4v) is 1.98. The summed E-state index contributed by atoms with van der Waals surface area (Å²) in [5, 5.41) is 9.37. The number of aliphatic hydroxyl groups is 1. The topological polar surface area (TPSA) is 40.5 Å². The van der Waals surface area contributed by atoms with Crippen LogP contribution in [-0.2, 0) is 4.79 Å². The Morgan fingerprint density at radius 3 is 2.38 bits per heavy atom. The first-order valence-electron chi connectivity index (χ1n) is 6.33. The predicted octanol–water partition coefficient (Wildman–Crippen LogP) is 1.84. The summed E-state index contributed by atoms with van der Waals surface area (Å²) in [5.41, 5.74) is -0.196. The van der Waals surface area contributed by atoms with Gasteiger partial charge in [0, 0.05) is 24.9 Å². The summed E-state index contributed by atoms with van der Waals surface area (Å²) in [6.07, 6.45) is 3.29. The van der Waals surface area contributed by atoms with Crippen LogP contribution in [-0.4, -0.2) is 41.5 Å². The first kappa shape index (κ1) is 13.7. The third-order valence-corrected chi connectivity index (χ3v) is 3.27. The molecule has 0 unspecified atom stereocenters. The van der Waals surface area contributed by atoms with Gasteiger partial charge >= 0.3 is 0 Å². The third kappa shape index (κ3) is 4.62. The van der Waals surface area contributed by atoms with Gasteiger partial charge in [-0.05, 0) is 25.8 Å². The van der Waals surface area contributed by atoms with E-state index in [-0.39, 0.29) is 11.5 Å². The summed E-state index contributed by atoms with van der Waals surface area (Å²) in [5.74, 6) is 0.351. The van der Waals surface area contributed by atoms with Crippen LogP contribution in [0.15, 0.2) is 0 Å². The van der Waals surface area contributed by atoms with Crippen LogP contribution in [0.3, 0.4) is 0 Å². The summed E-state index contributed by atoms with van der Waals surface area (Å²) in [4.78, 5) is 14.0. The Hall–Kier alpha value is -0.410. The van der Waals surface area contributed by atoms with Crippen LogP contribution >= 0.6 is 0 Å². The number of nitrogens with zero attached hydrogens (tertiary/aromatic N) is 1. The number of Topliss-reactive ketones (excluding diaryl/α,β-unsaturated/α-hetero) is 1. The molecule has 1 saturated heterocycles. The molecule has 1 fully saturated rings. The molecule has 94 valence electrons. The maximum atomic E-state index is 11.7. The molecule has 0 amide bonds. The monoisotopic (exact) mass is 227 g/mol. The van der Waals surface area contributed by atoms with Crippen molar-refractivity contribution in [3.8, 4) is 0 Å². The molecule has 1 N–H and O–H groups in total. The normalized spacial score (nSPS) is 20.0. The van der Waals surface area contributed by atoms with Crippen molar-refractivity contribution in [2.45, 2.75) is 52.6 Å². The van der Waals surface area contributed by atoms with Gasteiger partial charge in [-0.25, -0.2) is 0 Å². The molecule has 0 aromatic carbocycles. The molecule has 0 spiro atoms. The highest BCUT2D eigenvalue weighted by Gasteiger charge is 2.21. The van der Waals surface area contributed by atoms with Gasteiger partial charge in [0.05, 0.1) is 6.10 Å². The highest BCUT2D eigenvalue weighted by molar-refractivity contribution is 5.83. The van der Waals surface area contributed by atoms with E-state index in [1.807, 2.05) is 20.8 Å². The van der Waals surface area contributed by atoms with E-state index in [2.05, 4.69) is 4.90 Å². The van der Waals surface area contributed by atoms with E-state index in [4.69, 9.17) is 0 Å². The van der Waals surface area contributed by atoms with Crippen molar-refractivity contribution in [2.24, 2.45) is 5.41 Å². The molecule has 0 saturated carbocycles. The number of hydrogen-bond acceptors (Lipinski definition) is 3. The lowest BCUT2D eigenvalue weighted by atomic mass is 9.88. The van der Waals surface area contributed by atoms with E-state index in [0.29, 0.717) is 12.2 Å². The lowest BCUT2D eigenvalue weighted by Gasteiger charge is -2.29. The van der Waals surface area contributed by atoms with Crippen molar-refractivity contribution in [2.75, 3.05) is 19.6 Å². The second-order valence-electron chi connectivity index (χ2n) is 5.85. The Bertz CT molecular complexity index is 225. The Kier molecular flexibility index (Phi) is 4.93. The standard InChI is InChI=1S/C13H25NO2/c1-13(2,3)12(16)5-4-8-14-9-6-11(15)7-10-14/h11,15H,4-10H2,1-3H3. The van der Waals surface area contributed by atoms with Crippen molar-refractivity contribution in [3.63, 3.8) is 0 Å². The van der Waals surface area contributed by atoms with Crippen LogP contribution in [0, 0.1) is 5.41 Å². The van der Waals surface area contributed by atoms with Crippen LogP contribution in [0.1, 0.15) is 46.5 Å². The molecule has 1 rings (SSSR count). The molecule has 0 aromatic rings. The summed E-state index contributed by atoms with van der Waals surface area (Å²) < 4.78 is 0. The molecule has 3 nitrogen and oxygen atoms in total. The first-order valence-corrected chi connectivity index (χ1v) is 6.33. The van der Waals surface area contributed by atoms with E-state index in [1.54, 1.807) is 0 Å². The number of carbonyl (C=O) groups excluding carboxylic acids is 1. The number of hydrogen-bond donors (Lipinski definition) is 1. The highest BCUT2D eigenvalue weighted by atomic mass is 16.3. The largest absolute Gasteiger partial charge is 0.393 e. The molecule has 0 aliphatic carbocycles. The fourth-order valence-electron chi connectivity index (χ4n) is 1.98. The van der Waals surface area contributed by atoms with Crippen LogP contribution in [0.25, 0.3) is 0 Å². The highest BCUT2D eigenvalue weighted by Crippen LogP contribution is 2.18. The predicted molar refractivity (Wildman–Crippen MR) is 65.4 cm³/mol. The summed E-state index contributed by atoms with van der Waals surface area (Å²) in [7, 11) is 0. The zero-order valence-corrected chi connectivity index (χ0v) is 10.8. The first-order chi connectivity index (χ1) is 7.39. The van der Waals surface area contributed by atoms with Crippen molar-refractivity contribution < 1.29 is 9.90 Å². The average molecular weight is 227 g/mol. The van der Waals surface area contributed by atoms with E-state index < -0.39 is 0 Å². The zero-order chi connectivity index (χ0) is 12.2. The van der Waals surface area contributed by atoms with Gasteiger partial charge in [-0.15, -0.1) is 0 Å². The summed E-state index contributed by atoms with van der Waals surface area (Å²) in [6.45, 7) is 8.88. The van der Waals surface area contributed by atoms with Crippen molar-refractivity contribution >= 4 is 5.78 Å². The van der Waals surface area contributed by atoms with Crippen LogP contribution in [0.4, 0.5) is 0 Å². The molecule has 0 atom stereocenters. The minimum atomic E-state index is -0.196. The molecule has 1 aliphatic heterocycles. The Labute approximate surface area is 98.8 Å². The van der Waals surface area contributed by atoms with Gasteiger partial charge in [-0.2, -0.15) is 0 Å². The summed E-state index contributed by atoms with van der Waals surface area (Å²) in [6, 6.07) is 0. The molecule has 16 heavy (non-hydrogen) atoms. The zero-order valence-electron chi connectivity index (χ0n) is 10.8. The number of piperidine rings is 1. The Morgan fingerprint density at radius 2 is 1.88 bits per heavy atom. The van der Waals surface area contributed by atoms with Crippen molar-refractivity contribution in [3.05, 3.63) is 0 Å². The maximum absolute atomic E-state index is 11.7. The van der Waals surface area contributed by atoms with Gasteiger partial charge in [-0.1, -0.05) is 20.8 Å². The quantitative estimate of drug-likeness (QED) is 0.796. The molecule has 1 heterocycles. The van der Waals surface area contributed by atoms with Crippen molar-refractivity contribution in [1.82, 2.24) is 4.90 Å². The maximum Gasteiger partial charge on any atom is 0.138 e. The van der Waals surface area contributed by atoms with Gasteiger partial charge < -0.3 is 10.0 Å². The Balaban J connectivity index is 2.14. The number of rotatable bonds is 4. The van der Waals surface area contributed by atoms with Gasteiger partial charge in [-0.3, -0.25) is 4.79 Å². The SMILES string of the molecule is CC(C)(C)C(=O)CCCN1CCC(O)CC1. The Morgan fingerprint density at radius 1 is 1.31 bits per heavy atom. The third-order valence-electron chi connectivity index (χ3n) is 3.27.